The summed E-state index contributed by atoms with van der Waals surface area (Å²) >= 11 is 8.58. The molecular formula is C4H6ClN5OS. The Balaban J connectivity index is 4.14. The number of halogens is 1. The van der Waals surface area contributed by atoms with Crippen LogP contribution in [0.25, 0.3) is 0 Å². The Labute approximate surface area is 78.6 Å². The van der Waals surface area contributed by atoms with Crippen LogP contribution < -0.4 is 5.32 Å². The van der Waals surface area contributed by atoms with Crippen LogP contribution in [0.2, 0.25) is 0 Å². The maximum atomic E-state index is 10.3. The molecule has 0 aliphatic rings. The summed E-state index contributed by atoms with van der Waals surface area (Å²) in [6, 6.07) is 0. The van der Waals surface area contributed by atoms with Crippen molar-refractivity contribution in [1.29, 1.82) is 16.3 Å². The van der Waals surface area contributed by atoms with Gasteiger partial charge in [-0.15, -0.1) is 12.6 Å². The molecule has 0 fully saturated rings. The molecule has 0 aromatic rings. The van der Waals surface area contributed by atoms with Crippen molar-refractivity contribution in [1.82, 2.24) is 5.32 Å². The van der Waals surface area contributed by atoms with Crippen LogP contribution in [-0.4, -0.2) is 22.3 Å². The fraction of sp³-hybridized carbons (Fsp3) is 0.250. The molecule has 8 heteroatoms. The van der Waals surface area contributed by atoms with Crippen LogP contribution in [0, 0.1) is 16.3 Å². The van der Waals surface area contributed by atoms with Gasteiger partial charge in [0.1, 0.15) is 0 Å². The second-order valence-electron chi connectivity index (χ2n) is 1.67. The zero-order valence-corrected chi connectivity index (χ0v) is 7.41. The minimum atomic E-state index is -1.04. The summed E-state index contributed by atoms with van der Waals surface area (Å²) in [6.45, 7) is 0. The topological polar surface area (TPSA) is 113 Å². The van der Waals surface area contributed by atoms with E-state index in [2.05, 4.69) is 23.1 Å². The molecule has 0 aliphatic heterocycles. The Bertz CT molecular complexity index is 242. The molecule has 1 unspecified atom stereocenters. The first-order valence-electron chi connectivity index (χ1n) is 2.67. The number of carbonyl (C=O) groups excluding carboxylic acids is 1. The van der Waals surface area contributed by atoms with E-state index in [-0.39, 0.29) is 0 Å². The van der Waals surface area contributed by atoms with Crippen molar-refractivity contribution in [2.75, 3.05) is 0 Å². The number of hydrogen-bond acceptors (Lipinski definition) is 6. The fourth-order valence-electron chi connectivity index (χ4n) is 0.332. The molecule has 12 heavy (non-hydrogen) atoms. The van der Waals surface area contributed by atoms with Gasteiger partial charge in [0.05, 0.1) is 0 Å². The predicted molar refractivity (Wildman–Crippen MR) is 47.4 cm³/mol. The van der Waals surface area contributed by atoms with E-state index in [1.807, 2.05) is 0 Å². The maximum absolute atomic E-state index is 10.3. The molecule has 0 saturated carbocycles. The number of nitrogens with zero attached hydrogens (tertiary/aromatic N) is 1. The van der Waals surface area contributed by atoms with Gasteiger partial charge in [-0.3, -0.25) is 15.6 Å². The quantitative estimate of drug-likeness (QED) is 0.116. The molecule has 66 valence electrons. The summed E-state index contributed by atoms with van der Waals surface area (Å²) < 4.78 is 0. The summed E-state index contributed by atoms with van der Waals surface area (Å²) in [7, 11) is 0. The number of nitrogens with one attached hydrogen (secondary N) is 4. The molecule has 6 nitrogen and oxygen atoms in total. The molecule has 0 aliphatic carbocycles. The second kappa shape index (κ2) is 4.83. The van der Waals surface area contributed by atoms with E-state index in [4.69, 9.17) is 28.0 Å². The summed E-state index contributed by atoms with van der Waals surface area (Å²) in [4.78, 5) is 10.3. The number of thiol groups is 1. The first-order chi connectivity index (χ1) is 5.49. The van der Waals surface area contributed by atoms with Crippen molar-refractivity contribution >= 4 is 41.0 Å². The molecule has 0 bridgehead atoms. The summed E-state index contributed by atoms with van der Waals surface area (Å²) in [6.07, 6.45) is 0. The van der Waals surface area contributed by atoms with Gasteiger partial charge in [0.2, 0.25) is 0 Å². The summed E-state index contributed by atoms with van der Waals surface area (Å²) in [5, 5.41) is 18.0. The van der Waals surface area contributed by atoms with Crippen molar-refractivity contribution < 1.29 is 4.79 Å². The molecule has 0 saturated heterocycles. The lowest BCUT2D eigenvalue weighted by Crippen LogP contribution is -2.36. The van der Waals surface area contributed by atoms with Gasteiger partial charge >= 0.3 is 0 Å². The SMILES string of the molecule is N=NC(S)NC(=N)C(=N)C(=O)Cl. The highest BCUT2D eigenvalue weighted by Crippen LogP contribution is 1.92. The molecule has 0 heterocycles. The van der Waals surface area contributed by atoms with Crippen LogP contribution in [0.3, 0.4) is 0 Å². The van der Waals surface area contributed by atoms with Crippen LogP contribution >= 0.6 is 24.2 Å². The van der Waals surface area contributed by atoms with Crippen LogP contribution in [-0.2, 0) is 4.79 Å². The van der Waals surface area contributed by atoms with Crippen molar-refractivity contribution in [2.24, 2.45) is 5.11 Å². The Morgan fingerprint density at radius 1 is 1.58 bits per heavy atom. The molecule has 4 N–H and O–H groups in total. The van der Waals surface area contributed by atoms with Crippen LogP contribution in [0.4, 0.5) is 0 Å². The zero-order valence-electron chi connectivity index (χ0n) is 5.76. The first-order valence-corrected chi connectivity index (χ1v) is 3.57. The van der Waals surface area contributed by atoms with Crippen molar-refractivity contribution in [2.45, 2.75) is 5.50 Å². The molecular weight excluding hydrogens is 202 g/mol. The van der Waals surface area contributed by atoms with Crippen LogP contribution in [0.15, 0.2) is 5.11 Å². The van der Waals surface area contributed by atoms with Gasteiger partial charge in [0.15, 0.2) is 17.0 Å². The van der Waals surface area contributed by atoms with Gasteiger partial charge < -0.3 is 5.32 Å². The zero-order chi connectivity index (χ0) is 9.72. The monoisotopic (exact) mass is 207 g/mol. The Morgan fingerprint density at radius 2 is 2.08 bits per heavy atom. The largest absolute Gasteiger partial charge is 0.337 e. The van der Waals surface area contributed by atoms with E-state index in [1.54, 1.807) is 0 Å². The maximum Gasteiger partial charge on any atom is 0.273 e. The van der Waals surface area contributed by atoms with Crippen molar-refractivity contribution in [3.05, 3.63) is 0 Å². The fourth-order valence-corrected chi connectivity index (χ4v) is 0.555. The van der Waals surface area contributed by atoms with E-state index in [0.717, 1.165) is 0 Å². The minimum absolute atomic E-state index is 0.508. The first kappa shape index (κ1) is 11.1. The molecule has 0 spiro atoms. The summed E-state index contributed by atoms with van der Waals surface area (Å²) in [5.74, 6) is -0.508. The highest BCUT2D eigenvalue weighted by Gasteiger charge is 2.13. The van der Waals surface area contributed by atoms with Gasteiger partial charge in [-0.25, -0.2) is 5.53 Å². The second-order valence-corrected chi connectivity index (χ2v) is 2.50. The van der Waals surface area contributed by atoms with E-state index >= 15 is 0 Å². The lowest BCUT2D eigenvalue weighted by atomic mass is 10.4. The third-order valence-electron chi connectivity index (χ3n) is 0.842. The summed E-state index contributed by atoms with van der Waals surface area (Å²) in [5.41, 5.74) is 4.83. The standard InChI is InChI=1S/C4H6ClN5OS/c5-2(11)1(6)3(7)9-4(12)10-8/h4,6,8,12H,(H2,7,9). The average molecular weight is 208 g/mol. The van der Waals surface area contributed by atoms with E-state index in [0.29, 0.717) is 0 Å². The van der Waals surface area contributed by atoms with E-state index < -0.39 is 22.3 Å². The Morgan fingerprint density at radius 3 is 2.42 bits per heavy atom. The lowest BCUT2D eigenvalue weighted by molar-refractivity contribution is -0.106. The third kappa shape index (κ3) is 3.44. The van der Waals surface area contributed by atoms with Crippen molar-refractivity contribution in [3.63, 3.8) is 0 Å². The average Bonchev–Trinajstić information content (AvgIpc) is 2.02. The predicted octanol–water partition coefficient (Wildman–Crippen LogP) is 0.583. The molecule has 0 aromatic carbocycles. The Hall–Kier alpha value is -0.950. The minimum Gasteiger partial charge on any atom is -0.337 e. The van der Waals surface area contributed by atoms with E-state index in [9.17, 15) is 4.79 Å². The van der Waals surface area contributed by atoms with Gasteiger partial charge in [0.25, 0.3) is 5.24 Å². The molecule has 0 amide bonds. The number of carbonyl (C=O) groups is 1. The molecule has 0 radical (unpaired) electrons. The van der Waals surface area contributed by atoms with Gasteiger partial charge in [-0.05, 0) is 11.6 Å². The molecule has 1 atom stereocenters. The highest BCUT2D eigenvalue weighted by molar-refractivity contribution is 7.80. The number of hydrogen-bond donors (Lipinski definition) is 5. The van der Waals surface area contributed by atoms with Crippen LogP contribution in [0.1, 0.15) is 0 Å². The van der Waals surface area contributed by atoms with E-state index in [1.165, 1.54) is 0 Å². The van der Waals surface area contributed by atoms with Crippen molar-refractivity contribution in [3.8, 4) is 0 Å². The molecule has 0 aromatic heterocycles. The smallest absolute Gasteiger partial charge is 0.273 e. The number of rotatable bonds is 4. The molecule has 0 rings (SSSR count). The normalized spacial score (nSPS) is 11.5. The number of amidine groups is 1. The lowest BCUT2D eigenvalue weighted by Gasteiger charge is -2.07. The third-order valence-corrected chi connectivity index (χ3v) is 1.28. The van der Waals surface area contributed by atoms with Gasteiger partial charge in [-0.1, -0.05) is 0 Å². The Kier molecular flexibility index (Phi) is 4.45. The van der Waals surface area contributed by atoms with Gasteiger partial charge in [-0.2, -0.15) is 5.11 Å². The van der Waals surface area contributed by atoms with Gasteiger partial charge in [0, 0.05) is 0 Å². The van der Waals surface area contributed by atoms with Crippen LogP contribution in [0.5, 0.6) is 0 Å². The highest BCUT2D eigenvalue weighted by atomic mass is 35.5.